The Morgan fingerprint density at radius 1 is 1.24 bits per heavy atom. The summed E-state index contributed by atoms with van der Waals surface area (Å²) >= 11 is 0. The first-order valence-electron chi connectivity index (χ1n) is 7.95. The van der Waals surface area contributed by atoms with Crippen LogP contribution in [0.25, 0.3) is 0 Å². The van der Waals surface area contributed by atoms with E-state index >= 15 is 0 Å². The maximum Gasteiger partial charge on any atom is 0.270 e. The van der Waals surface area contributed by atoms with Crippen LogP contribution in [-0.2, 0) is 11.3 Å². The Kier molecular flexibility index (Phi) is 3.89. The van der Waals surface area contributed by atoms with Crippen LogP contribution < -0.4 is 14.8 Å². The fourth-order valence-electron chi connectivity index (χ4n) is 2.64. The molecule has 128 valence electrons. The molecule has 1 amide bonds. The van der Waals surface area contributed by atoms with Gasteiger partial charge in [0.2, 0.25) is 6.10 Å². The van der Waals surface area contributed by atoms with Gasteiger partial charge < -0.3 is 19.2 Å². The van der Waals surface area contributed by atoms with Crippen LogP contribution in [0.5, 0.6) is 11.5 Å². The largest absolute Gasteiger partial charge is 0.485 e. The molecule has 4 rings (SSSR count). The first kappa shape index (κ1) is 15.3. The molecular formula is C18H17N3O4. The average Bonchev–Trinajstić information content (AvgIpc) is 3.24. The highest BCUT2D eigenvalue weighted by Crippen LogP contribution is 2.31. The molecule has 3 aromatic rings. The van der Waals surface area contributed by atoms with Crippen LogP contribution in [0, 0.1) is 6.92 Å². The summed E-state index contributed by atoms with van der Waals surface area (Å²) in [6.07, 6.45) is 0.906. The molecule has 1 N–H and O–H groups in total. The van der Waals surface area contributed by atoms with Crippen molar-refractivity contribution in [1.29, 1.82) is 0 Å². The molecule has 2 aromatic heterocycles. The van der Waals surface area contributed by atoms with Crippen LogP contribution in [0.2, 0.25) is 0 Å². The van der Waals surface area contributed by atoms with Gasteiger partial charge >= 0.3 is 0 Å². The van der Waals surface area contributed by atoms with E-state index in [9.17, 15) is 4.79 Å². The number of anilines is 1. The molecule has 7 nitrogen and oxygen atoms in total. The number of aryl methyl sites for hydroxylation is 1. The normalized spacial score (nSPS) is 15.8. The maximum absolute atomic E-state index is 12.5. The Morgan fingerprint density at radius 2 is 2.08 bits per heavy atom. The Morgan fingerprint density at radius 3 is 2.88 bits per heavy atom. The molecule has 7 heteroatoms. The minimum absolute atomic E-state index is 0.161. The first-order chi connectivity index (χ1) is 12.2. The molecule has 1 aromatic carbocycles. The van der Waals surface area contributed by atoms with Crippen LogP contribution in [0.3, 0.4) is 0 Å². The summed E-state index contributed by atoms with van der Waals surface area (Å²) in [5.41, 5.74) is 0. The number of benzene rings is 1. The number of para-hydroxylation sites is 2. The summed E-state index contributed by atoms with van der Waals surface area (Å²) in [7, 11) is 0. The second-order valence-electron chi connectivity index (χ2n) is 5.74. The topological polar surface area (TPSA) is 78.5 Å². The predicted molar refractivity (Wildman–Crippen MR) is 89.8 cm³/mol. The molecular weight excluding hydrogens is 322 g/mol. The van der Waals surface area contributed by atoms with Crippen molar-refractivity contribution in [3.63, 3.8) is 0 Å². The molecule has 1 aliphatic rings. The lowest BCUT2D eigenvalue weighted by Crippen LogP contribution is -2.40. The number of carbonyl (C=O) groups is 1. The maximum atomic E-state index is 12.5. The minimum Gasteiger partial charge on any atom is -0.485 e. The van der Waals surface area contributed by atoms with Crippen LogP contribution in [0.15, 0.2) is 53.1 Å². The van der Waals surface area contributed by atoms with Crippen LogP contribution in [0.1, 0.15) is 11.5 Å². The fourth-order valence-corrected chi connectivity index (χ4v) is 2.64. The predicted octanol–water partition coefficient (Wildman–Crippen LogP) is 2.61. The van der Waals surface area contributed by atoms with E-state index in [2.05, 4.69) is 10.4 Å². The molecule has 3 heterocycles. The number of amides is 1. The van der Waals surface area contributed by atoms with E-state index in [1.54, 1.807) is 23.0 Å². The number of hydrogen-bond donors (Lipinski definition) is 1. The highest BCUT2D eigenvalue weighted by atomic mass is 16.6. The number of hydrogen-bond acceptors (Lipinski definition) is 5. The molecule has 0 saturated heterocycles. The smallest absolute Gasteiger partial charge is 0.270 e. The number of furan rings is 1. The van der Waals surface area contributed by atoms with E-state index in [0.717, 1.165) is 11.5 Å². The van der Waals surface area contributed by atoms with Crippen molar-refractivity contribution in [2.45, 2.75) is 19.6 Å². The van der Waals surface area contributed by atoms with Crippen molar-refractivity contribution in [3.05, 3.63) is 60.2 Å². The summed E-state index contributed by atoms with van der Waals surface area (Å²) in [6, 6.07) is 12.8. The molecule has 25 heavy (non-hydrogen) atoms. The van der Waals surface area contributed by atoms with Gasteiger partial charge in [0, 0.05) is 6.07 Å². The summed E-state index contributed by atoms with van der Waals surface area (Å²) < 4.78 is 18.5. The van der Waals surface area contributed by atoms with E-state index in [0.29, 0.717) is 23.9 Å². The molecule has 1 aliphatic heterocycles. The van der Waals surface area contributed by atoms with Gasteiger partial charge in [-0.25, -0.2) is 4.68 Å². The summed E-state index contributed by atoms with van der Waals surface area (Å²) in [5.74, 6) is 3.09. The molecule has 0 saturated carbocycles. The second kappa shape index (κ2) is 6.35. The zero-order valence-corrected chi connectivity index (χ0v) is 13.6. The molecule has 0 unspecified atom stereocenters. The quantitative estimate of drug-likeness (QED) is 0.790. The van der Waals surface area contributed by atoms with Crippen molar-refractivity contribution in [1.82, 2.24) is 9.78 Å². The average molecular weight is 339 g/mol. The highest BCUT2D eigenvalue weighted by Gasteiger charge is 2.28. The molecule has 0 aliphatic carbocycles. The SMILES string of the molecule is Cc1ccc(Cn2nccc2NC(=O)[C@H]2COc3ccccc3O2)o1. The van der Waals surface area contributed by atoms with Gasteiger partial charge in [0.05, 0.1) is 6.20 Å². The zero-order valence-electron chi connectivity index (χ0n) is 13.6. The monoisotopic (exact) mass is 339 g/mol. The van der Waals surface area contributed by atoms with Gasteiger partial charge in [0.1, 0.15) is 30.5 Å². The number of rotatable bonds is 4. The summed E-state index contributed by atoms with van der Waals surface area (Å²) in [5, 5.41) is 7.06. The van der Waals surface area contributed by atoms with Crippen LogP contribution in [0.4, 0.5) is 5.82 Å². The van der Waals surface area contributed by atoms with Gasteiger partial charge in [-0.1, -0.05) is 12.1 Å². The zero-order chi connectivity index (χ0) is 17.2. The second-order valence-corrected chi connectivity index (χ2v) is 5.74. The Labute approximate surface area is 144 Å². The Hall–Kier alpha value is -3.22. The Balaban J connectivity index is 1.44. The standard InChI is InChI=1S/C18H17N3O4/c1-12-6-7-13(24-12)10-21-17(8-9-19-21)20-18(22)16-11-23-14-4-2-3-5-15(14)25-16/h2-9,16H,10-11H2,1H3,(H,20,22)/t16-/m1/s1. The molecule has 0 spiro atoms. The number of nitrogens with zero attached hydrogens (tertiary/aromatic N) is 2. The van der Waals surface area contributed by atoms with Gasteiger partial charge in [-0.3, -0.25) is 4.79 Å². The van der Waals surface area contributed by atoms with E-state index in [4.69, 9.17) is 13.9 Å². The van der Waals surface area contributed by atoms with Crippen LogP contribution >= 0.6 is 0 Å². The van der Waals surface area contributed by atoms with Crippen molar-refractivity contribution in [2.24, 2.45) is 0 Å². The van der Waals surface area contributed by atoms with Crippen molar-refractivity contribution < 1.29 is 18.7 Å². The summed E-state index contributed by atoms with van der Waals surface area (Å²) in [6.45, 7) is 2.48. The molecule has 1 atom stereocenters. The van der Waals surface area contributed by atoms with Crippen molar-refractivity contribution >= 4 is 11.7 Å². The van der Waals surface area contributed by atoms with Gasteiger partial charge in [0.25, 0.3) is 5.91 Å². The number of nitrogens with one attached hydrogen (secondary N) is 1. The Bertz CT molecular complexity index is 899. The third-order valence-electron chi connectivity index (χ3n) is 3.87. The van der Waals surface area contributed by atoms with E-state index in [1.807, 2.05) is 37.3 Å². The highest BCUT2D eigenvalue weighted by molar-refractivity contribution is 5.94. The number of carbonyl (C=O) groups excluding carboxylic acids is 1. The van der Waals surface area contributed by atoms with Gasteiger partial charge in [-0.15, -0.1) is 0 Å². The van der Waals surface area contributed by atoms with Gasteiger partial charge in [0.15, 0.2) is 11.5 Å². The molecule has 0 bridgehead atoms. The first-order valence-corrected chi connectivity index (χ1v) is 7.95. The number of ether oxygens (including phenoxy) is 2. The van der Waals surface area contributed by atoms with Crippen molar-refractivity contribution in [2.75, 3.05) is 11.9 Å². The van der Waals surface area contributed by atoms with Gasteiger partial charge in [-0.05, 0) is 31.2 Å². The minimum atomic E-state index is -0.718. The van der Waals surface area contributed by atoms with E-state index < -0.39 is 6.10 Å². The lowest BCUT2D eigenvalue weighted by atomic mass is 10.2. The third kappa shape index (κ3) is 3.21. The third-order valence-corrected chi connectivity index (χ3v) is 3.87. The van der Waals surface area contributed by atoms with E-state index in [1.165, 1.54) is 0 Å². The number of fused-ring (bicyclic) bond motifs is 1. The van der Waals surface area contributed by atoms with E-state index in [-0.39, 0.29) is 12.5 Å². The van der Waals surface area contributed by atoms with Crippen LogP contribution in [-0.4, -0.2) is 28.4 Å². The molecule has 0 radical (unpaired) electrons. The number of aromatic nitrogens is 2. The summed E-state index contributed by atoms with van der Waals surface area (Å²) in [4.78, 5) is 12.5. The van der Waals surface area contributed by atoms with Crippen molar-refractivity contribution in [3.8, 4) is 11.5 Å². The lowest BCUT2D eigenvalue weighted by Gasteiger charge is -2.25. The fraction of sp³-hybridized carbons (Fsp3) is 0.222. The van der Waals surface area contributed by atoms with Gasteiger partial charge in [-0.2, -0.15) is 5.10 Å². The molecule has 0 fully saturated rings. The lowest BCUT2D eigenvalue weighted by molar-refractivity contribution is -0.125.